The largest absolute Gasteiger partial charge is 0.300 e. The van der Waals surface area contributed by atoms with Gasteiger partial charge in [0.15, 0.2) is 0 Å². The number of carbonyl (C=O) groups is 2. The molecule has 0 unspecified atom stereocenters. The lowest BCUT2D eigenvalue weighted by molar-refractivity contribution is -0.125. The third kappa shape index (κ3) is 8.99. The molecular weight excluding hydrogens is 164 g/mol. The second-order valence-corrected chi connectivity index (χ2v) is 3.22. The summed E-state index contributed by atoms with van der Waals surface area (Å²) < 4.78 is 0. The summed E-state index contributed by atoms with van der Waals surface area (Å²) in [4.78, 5) is 21.6. The smallest absolute Gasteiger partial charge is 0.140 e. The van der Waals surface area contributed by atoms with Gasteiger partial charge in [-0.2, -0.15) is 0 Å². The van der Waals surface area contributed by atoms with E-state index in [0.717, 1.165) is 19.3 Å². The highest BCUT2D eigenvalue weighted by molar-refractivity contribution is 5.97. The molecule has 0 aliphatic heterocycles. The first kappa shape index (κ1) is 12.1. The molecule has 13 heavy (non-hydrogen) atoms. The van der Waals surface area contributed by atoms with E-state index in [4.69, 9.17) is 0 Å². The SMILES string of the molecule is CCCC=CCCC(=O)CC(C)=O. The molecule has 0 aromatic rings. The fourth-order valence-electron chi connectivity index (χ4n) is 1.01. The monoisotopic (exact) mass is 182 g/mol. The van der Waals surface area contributed by atoms with E-state index in [1.54, 1.807) is 0 Å². The number of carbonyl (C=O) groups excluding carboxylic acids is 2. The number of unbranched alkanes of at least 4 members (excludes halogenated alkanes) is 1. The molecule has 0 saturated carbocycles. The van der Waals surface area contributed by atoms with E-state index in [-0.39, 0.29) is 18.0 Å². The third-order valence-corrected chi connectivity index (χ3v) is 1.66. The van der Waals surface area contributed by atoms with Crippen LogP contribution in [0.3, 0.4) is 0 Å². The Morgan fingerprint density at radius 1 is 1.15 bits per heavy atom. The Morgan fingerprint density at radius 2 is 1.77 bits per heavy atom. The molecule has 0 aliphatic carbocycles. The molecule has 0 aliphatic rings. The van der Waals surface area contributed by atoms with E-state index in [1.165, 1.54) is 6.92 Å². The van der Waals surface area contributed by atoms with Crippen LogP contribution in [0.1, 0.15) is 46.0 Å². The van der Waals surface area contributed by atoms with Gasteiger partial charge >= 0.3 is 0 Å². The summed E-state index contributed by atoms with van der Waals surface area (Å²) in [6.45, 7) is 3.57. The van der Waals surface area contributed by atoms with Crippen LogP contribution in [0.4, 0.5) is 0 Å². The van der Waals surface area contributed by atoms with E-state index in [1.807, 2.05) is 6.08 Å². The fourth-order valence-corrected chi connectivity index (χ4v) is 1.01. The molecular formula is C11H18O2. The molecule has 0 aromatic carbocycles. The van der Waals surface area contributed by atoms with Crippen LogP contribution in [0.25, 0.3) is 0 Å². The van der Waals surface area contributed by atoms with Crippen molar-refractivity contribution in [3.8, 4) is 0 Å². The van der Waals surface area contributed by atoms with Gasteiger partial charge in [-0.25, -0.2) is 0 Å². The van der Waals surface area contributed by atoms with Crippen molar-refractivity contribution in [3.63, 3.8) is 0 Å². The Kier molecular flexibility index (Phi) is 7.17. The Bertz CT molecular complexity index is 192. The second kappa shape index (κ2) is 7.71. The van der Waals surface area contributed by atoms with Gasteiger partial charge in [-0.05, 0) is 19.8 Å². The van der Waals surface area contributed by atoms with Gasteiger partial charge < -0.3 is 0 Å². The maximum atomic E-state index is 11.0. The zero-order valence-corrected chi connectivity index (χ0v) is 8.51. The number of ketones is 2. The van der Waals surface area contributed by atoms with Gasteiger partial charge in [-0.1, -0.05) is 25.5 Å². The highest BCUT2D eigenvalue weighted by atomic mass is 16.1. The fraction of sp³-hybridized carbons (Fsp3) is 0.636. The Labute approximate surface area is 80.0 Å². The van der Waals surface area contributed by atoms with Gasteiger partial charge in [0.1, 0.15) is 11.6 Å². The van der Waals surface area contributed by atoms with E-state index >= 15 is 0 Å². The number of Topliss-reactive ketones (excluding diaryl/α,β-unsaturated/α-hetero) is 2. The predicted molar refractivity (Wildman–Crippen MR) is 53.6 cm³/mol. The molecule has 0 aromatic heterocycles. The molecule has 0 radical (unpaired) electrons. The lowest BCUT2D eigenvalue weighted by Gasteiger charge is -1.93. The van der Waals surface area contributed by atoms with Crippen molar-refractivity contribution in [2.45, 2.75) is 46.0 Å². The van der Waals surface area contributed by atoms with Crippen LogP contribution in [0.2, 0.25) is 0 Å². The quantitative estimate of drug-likeness (QED) is 0.448. The highest BCUT2D eigenvalue weighted by Crippen LogP contribution is 1.98. The van der Waals surface area contributed by atoms with Crippen molar-refractivity contribution >= 4 is 11.6 Å². The van der Waals surface area contributed by atoms with Crippen molar-refractivity contribution < 1.29 is 9.59 Å². The maximum Gasteiger partial charge on any atom is 0.140 e. The summed E-state index contributed by atoms with van der Waals surface area (Å²) >= 11 is 0. The van der Waals surface area contributed by atoms with Crippen molar-refractivity contribution in [2.75, 3.05) is 0 Å². The standard InChI is InChI=1S/C11H18O2/c1-3-4-5-6-7-8-11(13)9-10(2)12/h5-6H,3-4,7-9H2,1-2H3. The molecule has 0 amide bonds. The molecule has 0 fully saturated rings. The number of rotatable bonds is 7. The van der Waals surface area contributed by atoms with Gasteiger partial charge in [0, 0.05) is 6.42 Å². The summed E-state index contributed by atoms with van der Waals surface area (Å²) in [6, 6.07) is 0. The van der Waals surface area contributed by atoms with Crippen LogP contribution in [-0.4, -0.2) is 11.6 Å². The van der Waals surface area contributed by atoms with Gasteiger partial charge in [-0.3, -0.25) is 9.59 Å². The van der Waals surface area contributed by atoms with Crippen LogP contribution >= 0.6 is 0 Å². The van der Waals surface area contributed by atoms with E-state index in [2.05, 4.69) is 13.0 Å². The zero-order valence-electron chi connectivity index (χ0n) is 8.51. The van der Waals surface area contributed by atoms with Crippen molar-refractivity contribution in [3.05, 3.63) is 12.2 Å². The summed E-state index contributed by atoms with van der Waals surface area (Å²) in [6.07, 6.45) is 7.68. The number of hydrogen-bond acceptors (Lipinski definition) is 2. The summed E-state index contributed by atoms with van der Waals surface area (Å²) in [5.41, 5.74) is 0. The Morgan fingerprint density at radius 3 is 2.31 bits per heavy atom. The van der Waals surface area contributed by atoms with Gasteiger partial charge in [0.25, 0.3) is 0 Å². The minimum atomic E-state index is -0.0393. The molecule has 74 valence electrons. The summed E-state index contributed by atoms with van der Waals surface area (Å²) in [7, 11) is 0. The van der Waals surface area contributed by atoms with Crippen molar-refractivity contribution in [1.29, 1.82) is 0 Å². The van der Waals surface area contributed by atoms with Crippen LogP contribution < -0.4 is 0 Å². The first-order valence-electron chi connectivity index (χ1n) is 4.83. The first-order chi connectivity index (χ1) is 6.16. The lowest BCUT2D eigenvalue weighted by atomic mass is 10.1. The molecule has 0 atom stereocenters. The molecule has 2 nitrogen and oxygen atoms in total. The van der Waals surface area contributed by atoms with E-state index < -0.39 is 0 Å². The summed E-state index contributed by atoms with van der Waals surface area (Å²) in [5.74, 6) is 0.0104. The van der Waals surface area contributed by atoms with E-state index in [0.29, 0.717) is 6.42 Å². The molecule has 0 saturated heterocycles. The van der Waals surface area contributed by atoms with Crippen LogP contribution in [0, 0.1) is 0 Å². The van der Waals surface area contributed by atoms with E-state index in [9.17, 15) is 9.59 Å². The zero-order chi connectivity index (χ0) is 10.1. The van der Waals surface area contributed by atoms with Crippen molar-refractivity contribution in [1.82, 2.24) is 0 Å². The Hall–Kier alpha value is -0.920. The Balaban J connectivity index is 3.42. The number of hydrogen-bond donors (Lipinski definition) is 0. The summed E-state index contributed by atoms with van der Waals surface area (Å²) in [5, 5.41) is 0. The molecule has 0 rings (SSSR count). The van der Waals surface area contributed by atoms with Crippen LogP contribution in [0.15, 0.2) is 12.2 Å². The van der Waals surface area contributed by atoms with Gasteiger partial charge in [0.05, 0.1) is 6.42 Å². The number of allylic oxidation sites excluding steroid dienone is 2. The highest BCUT2D eigenvalue weighted by Gasteiger charge is 2.02. The maximum absolute atomic E-state index is 11.0. The predicted octanol–water partition coefficient (Wildman–Crippen LogP) is 2.67. The molecule has 0 spiro atoms. The van der Waals surface area contributed by atoms with Gasteiger partial charge in [0.2, 0.25) is 0 Å². The molecule has 0 bridgehead atoms. The lowest BCUT2D eigenvalue weighted by Crippen LogP contribution is -2.03. The normalized spacial score (nSPS) is 10.6. The molecule has 0 N–H and O–H groups in total. The average molecular weight is 182 g/mol. The molecule has 2 heteroatoms. The average Bonchev–Trinajstić information content (AvgIpc) is 2.02. The van der Waals surface area contributed by atoms with Gasteiger partial charge in [-0.15, -0.1) is 0 Å². The van der Waals surface area contributed by atoms with Crippen LogP contribution in [-0.2, 0) is 9.59 Å². The third-order valence-electron chi connectivity index (χ3n) is 1.66. The van der Waals surface area contributed by atoms with Crippen molar-refractivity contribution in [2.24, 2.45) is 0 Å². The minimum absolute atomic E-state index is 0.0393. The second-order valence-electron chi connectivity index (χ2n) is 3.22. The molecule has 0 heterocycles. The minimum Gasteiger partial charge on any atom is -0.300 e. The topological polar surface area (TPSA) is 34.1 Å². The first-order valence-corrected chi connectivity index (χ1v) is 4.83. The van der Waals surface area contributed by atoms with Crippen LogP contribution in [0.5, 0.6) is 0 Å².